The normalized spacial score (nSPS) is 51.7. The van der Waals surface area contributed by atoms with Gasteiger partial charge < -0.3 is 34.5 Å². The summed E-state index contributed by atoms with van der Waals surface area (Å²) < 4.78 is 25.6. The van der Waals surface area contributed by atoms with Gasteiger partial charge in [0.2, 0.25) is 5.91 Å². The van der Waals surface area contributed by atoms with E-state index in [-0.39, 0.29) is 69.4 Å². The van der Waals surface area contributed by atoms with Gasteiger partial charge in [-0.3, -0.25) is 14.5 Å². The predicted octanol–water partition coefficient (Wildman–Crippen LogP) is 4.43. The number of rotatable bonds is 6. The first-order valence-corrected chi connectivity index (χ1v) is 19.9. The number of nitrogens with zero attached hydrogens (tertiary/aromatic N) is 1. The van der Waals surface area contributed by atoms with Crippen LogP contribution in [0.25, 0.3) is 0 Å². The van der Waals surface area contributed by atoms with Crippen LogP contribution in [0, 0.1) is 50.7 Å². The Labute approximate surface area is 299 Å². The highest BCUT2D eigenvalue weighted by Gasteiger charge is 2.84. The summed E-state index contributed by atoms with van der Waals surface area (Å²) in [5.74, 6) is 1.13. The van der Waals surface area contributed by atoms with Gasteiger partial charge in [-0.05, 0) is 117 Å². The second kappa shape index (κ2) is 11.6. The second-order valence-electron chi connectivity index (χ2n) is 19.8. The minimum absolute atomic E-state index is 0.0132. The number of carbonyl (C=O) groups is 2. The largest absolute Gasteiger partial charge is 0.457 e. The molecule has 8 aliphatic rings. The van der Waals surface area contributed by atoms with Crippen molar-refractivity contribution in [1.29, 1.82) is 0 Å². The number of aliphatic hydroxyl groups excluding tert-OH is 1. The molecule has 8 rings (SSSR count). The highest BCUT2D eigenvalue weighted by Crippen LogP contribution is 2.89. The maximum absolute atomic E-state index is 12.6. The van der Waals surface area contributed by atoms with Crippen LogP contribution in [0.1, 0.15) is 113 Å². The van der Waals surface area contributed by atoms with Crippen LogP contribution in [0.4, 0.5) is 0 Å². The number of aliphatic hydroxyl groups is 2. The molecule has 282 valence electrons. The van der Waals surface area contributed by atoms with Crippen LogP contribution < -0.4 is 5.32 Å². The first-order valence-electron chi connectivity index (χ1n) is 19.9. The van der Waals surface area contributed by atoms with E-state index < -0.39 is 29.9 Å². The summed E-state index contributed by atoms with van der Waals surface area (Å²) in [4.78, 5) is 26.8. The molecule has 3 heterocycles. The van der Waals surface area contributed by atoms with Crippen LogP contribution in [-0.2, 0) is 28.5 Å². The third-order valence-corrected chi connectivity index (χ3v) is 16.9. The number of nitrogens with one attached hydrogen (secondary N) is 1. The van der Waals surface area contributed by atoms with E-state index in [0.717, 1.165) is 51.6 Å². The molecule has 15 atom stereocenters. The Kier molecular flexibility index (Phi) is 8.29. The number of morpholine rings is 1. The Morgan fingerprint density at radius 2 is 1.78 bits per heavy atom. The lowest BCUT2D eigenvalue weighted by Gasteiger charge is -2.64. The van der Waals surface area contributed by atoms with Crippen molar-refractivity contribution in [3.05, 3.63) is 0 Å². The van der Waals surface area contributed by atoms with E-state index in [0.29, 0.717) is 31.4 Å². The SMILES string of the molecule is CC(=O)O[C@@H]([C@H]1C[C@@H](C)C2[C@H](O1)[C@H](O)[C@@]1(C)[C@@H]3CC[C@H]4C(C)(C)[C@@H](O[C@H]5CN(C6CCNC6=O)CCO5)CC[C@@]45C[C@@]35CC[C@]21C)C(C)(C)O. The smallest absolute Gasteiger partial charge is 0.303 e. The van der Waals surface area contributed by atoms with Gasteiger partial charge in [-0.2, -0.15) is 0 Å². The van der Waals surface area contributed by atoms with Gasteiger partial charge >= 0.3 is 5.97 Å². The molecule has 0 aromatic heterocycles. The zero-order chi connectivity index (χ0) is 35.8. The Morgan fingerprint density at radius 3 is 2.46 bits per heavy atom. The second-order valence-corrected chi connectivity index (χ2v) is 19.8. The molecule has 3 aliphatic heterocycles. The van der Waals surface area contributed by atoms with Crippen LogP contribution in [-0.4, -0.2) is 102 Å². The molecule has 2 unspecified atom stereocenters. The Morgan fingerprint density at radius 1 is 1.06 bits per heavy atom. The molecule has 10 heteroatoms. The molecule has 0 radical (unpaired) electrons. The number of hydrogen-bond acceptors (Lipinski definition) is 9. The van der Waals surface area contributed by atoms with Crippen molar-refractivity contribution >= 4 is 11.9 Å². The van der Waals surface area contributed by atoms with Gasteiger partial charge in [-0.25, -0.2) is 0 Å². The van der Waals surface area contributed by atoms with E-state index in [2.05, 4.69) is 44.8 Å². The third-order valence-electron chi connectivity index (χ3n) is 16.9. The van der Waals surface area contributed by atoms with Crippen molar-refractivity contribution < 1.29 is 38.7 Å². The summed E-state index contributed by atoms with van der Waals surface area (Å²) in [6.07, 6.45) is 7.04. The van der Waals surface area contributed by atoms with Crippen LogP contribution in [0.5, 0.6) is 0 Å². The van der Waals surface area contributed by atoms with Crippen molar-refractivity contribution in [2.75, 3.05) is 26.2 Å². The molecule has 5 aliphatic carbocycles. The summed E-state index contributed by atoms with van der Waals surface area (Å²) in [5.41, 5.74) is -1.15. The summed E-state index contributed by atoms with van der Waals surface area (Å²) in [5, 5.41) is 26.6. The van der Waals surface area contributed by atoms with Crippen LogP contribution in [0.3, 0.4) is 0 Å². The maximum atomic E-state index is 12.6. The molecule has 0 bridgehead atoms. The Bertz CT molecular complexity index is 1380. The average Bonchev–Trinajstić information content (AvgIpc) is 3.44. The zero-order valence-corrected chi connectivity index (χ0v) is 31.8. The lowest BCUT2D eigenvalue weighted by Crippen LogP contribution is -2.60. The van der Waals surface area contributed by atoms with Crippen LogP contribution in [0.2, 0.25) is 0 Å². The molecule has 10 nitrogen and oxygen atoms in total. The summed E-state index contributed by atoms with van der Waals surface area (Å²) >= 11 is 0. The zero-order valence-electron chi connectivity index (χ0n) is 31.8. The van der Waals surface area contributed by atoms with Gasteiger partial charge in [-0.15, -0.1) is 0 Å². The molecular formula is C40H64N2O8. The number of fused-ring (bicyclic) bond motifs is 4. The summed E-state index contributed by atoms with van der Waals surface area (Å²) in [7, 11) is 0. The fourth-order valence-electron chi connectivity index (χ4n) is 14.7. The molecule has 2 spiro atoms. The van der Waals surface area contributed by atoms with E-state index in [1.54, 1.807) is 13.8 Å². The van der Waals surface area contributed by atoms with E-state index in [4.69, 9.17) is 18.9 Å². The lowest BCUT2D eigenvalue weighted by molar-refractivity contribution is -0.250. The summed E-state index contributed by atoms with van der Waals surface area (Å²) in [6, 6.07) is -0.0709. The van der Waals surface area contributed by atoms with Gasteiger partial charge in [0.1, 0.15) is 0 Å². The Balaban J connectivity index is 1.02. The molecule has 0 aromatic carbocycles. The highest BCUT2D eigenvalue weighted by atomic mass is 16.7. The number of esters is 1. The van der Waals surface area contributed by atoms with Gasteiger partial charge in [0.25, 0.3) is 0 Å². The van der Waals surface area contributed by atoms with E-state index in [1.165, 1.54) is 19.8 Å². The average molecular weight is 701 g/mol. The van der Waals surface area contributed by atoms with Crippen molar-refractivity contribution in [1.82, 2.24) is 10.2 Å². The van der Waals surface area contributed by atoms with Crippen molar-refractivity contribution in [3.63, 3.8) is 0 Å². The minimum atomic E-state index is -1.26. The Hall–Kier alpha value is -1.30. The number of hydrogen-bond donors (Lipinski definition) is 3. The molecule has 8 fully saturated rings. The fraction of sp³-hybridized carbons (Fsp3) is 0.950. The number of ether oxygens (including phenoxy) is 4. The van der Waals surface area contributed by atoms with Crippen molar-refractivity contribution in [2.24, 2.45) is 50.7 Å². The maximum Gasteiger partial charge on any atom is 0.303 e. The first-order chi connectivity index (χ1) is 23.4. The van der Waals surface area contributed by atoms with E-state index in [1.807, 2.05) is 0 Å². The van der Waals surface area contributed by atoms with Gasteiger partial charge in [-0.1, -0.05) is 34.6 Å². The predicted molar refractivity (Wildman–Crippen MR) is 186 cm³/mol. The molecule has 50 heavy (non-hydrogen) atoms. The van der Waals surface area contributed by atoms with Crippen LogP contribution >= 0.6 is 0 Å². The topological polar surface area (TPSA) is 127 Å². The van der Waals surface area contributed by atoms with Gasteiger partial charge in [0.15, 0.2) is 12.4 Å². The first kappa shape index (κ1) is 35.7. The standard InChI is InChI=1S/C40H64N2O8/c1-22-19-25(33(36(5,6)46)48-23(2)43)49-31-30(22)37(7)14-15-40-21-39(40)13-11-28(35(3,4)26(39)9-10-27(40)38(37,8)32(31)44)50-29-20-42(17-18-47-29)24-12-16-41-34(24)45/h22,24-33,44,46H,9-21H2,1-8H3,(H,41,45)/t22-,24?,25-,26+,27+,28+,29+,30?,31+,32+,33+,37-,38-,39-,40+/m1/s1. The molecule has 3 N–H and O–H groups in total. The molecular weight excluding hydrogens is 636 g/mol. The summed E-state index contributed by atoms with van der Waals surface area (Å²) in [6.45, 7) is 19.5. The quantitative estimate of drug-likeness (QED) is 0.345. The van der Waals surface area contributed by atoms with Crippen LogP contribution in [0.15, 0.2) is 0 Å². The van der Waals surface area contributed by atoms with Crippen molar-refractivity contribution in [3.8, 4) is 0 Å². The van der Waals surface area contributed by atoms with Crippen molar-refractivity contribution in [2.45, 2.75) is 162 Å². The van der Waals surface area contributed by atoms with E-state index in [9.17, 15) is 19.8 Å². The minimum Gasteiger partial charge on any atom is -0.457 e. The third kappa shape index (κ3) is 4.79. The number of amides is 1. The van der Waals surface area contributed by atoms with Gasteiger partial charge in [0, 0.05) is 25.4 Å². The molecule has 3 saturated heterocycles. The lowest BCUT2D eigenvalue weighted by atomic mass is 9.41. The van der Waals surface area contributed by atoms with Gasteiger partial charge in [0.05, 0.1) is 49.2 Å². The molecule has 1 amide bonds. The monoisotopic (exact) mass is 700 g/mol. The van der Waals surface area contributed by atoms with E-state index >= 15 is 0 Å². The molecule has 0 aromatic rings. The fourth-order valence-corrected chi connectivity index (χ4v) is 14.7. The number of carbonyl (C=O) groups excluding carboxylic acids is 2. The highest BCUT2D eigenvalue weighted by molar-refractivity contribution is 5.83. The molecule has 5 saturated carbocycles.